The number of rotatable bonds is 3. The van der Waals surface area contributed by atoms with E-state index in [2.05, 4.69) is 42.7 Å². The summed E-state index contributed by atoms with van der Waals surface area (Å²) in [7, 11) is 0. The maximum absolute atomic E-state index is 5.79. The lowest BCUT2D eigenvalue weighted by Gasteiger charge is -2.21. The van der Waals surface area contributed by atoms with E-state index in [1.54, 1.807) is 0 Å². The largest absolute Gasteiger partial charge is 0.493 e. The van der Waals surface area contributed by atoms with Crippen LogP contribution in [0.15, 0.2) is 42.5 Å². The standard InChI is InChI=1S/C16H18N2O/c1-11-5-2-3-7-13(11)15(18-17)14-8-4-6-12-9-10-19-16(12)14/h2-8,15,18H,9-10,17H2,1H3. The first-order valence-electron chi connectivity index (χ1n) is 6.57. The highest BCUT2D eigenvalue weighted by Crippen LogP contribution is 2.36. The maximum atomic E-state index is 5.79. The van der Waals surface area contributed by atoms with E-state index in [-0.39, 0.29) is 6.04 Å². The van der Waals surface area contributed by atoms with E-state index in [1.165, 1.54) is 16.7 Å². The summed E-state index contributed by atoms with van der Waals surface area (Å²) in [4.78, 5) is 0. The molecular weight excluding hydrogens is 236 g/mol. The first-order chi connectivity index (χ1) is 9.31. The van der Waals surface area contributed by atoms with Crippen LogP contribution in [0.5, 0.6) is 5.75 Å². The maximum Gasteiger partial charge on any atom is 0.127 e. The fourth-order valence-electron chi connectivity index (χ4n) is 2.73. The number of ether oxygens (including phenoxy) is 1. The van der Waals surface area contributed by atoms with Crippen molar-refractivity contribution in [3.63, 3.8) is 0 Å². The first kappa shape index (κ1) is 12.2. The van der Waals surface area contributed by atoms with Gasteiger partial charge in [-0.2, -0.15) is 0 Å². The molecule has 1 heterocycles. The van der Waals surface area contributed by atoms with Gasteiger partial charge in [0.05, 0.1) is 12.6 Å². The fourth-order valence-corrected chi connectivity index (χ4v) is 2.73. The number of hydrogen-bond acceptors (Lipinski definition) is 3. The molecule has 0 saturated carbocycles. The second kappa shape index (κ2) is 5.03. The summed E-state index contributed by atoms with van der Waals surface area (Å²) in [6.45, 7) is 2.86. The van der Waals surface area contributed by atoms with Gasteiger partial charge in [0.15, 0.2) is 0 Å². The number of benzene rings is 2. The molecule has 1 atom stereocenters. The molecule has 0 radical (unpaired) electrons. The van der Waals surface area contributed by atoms with Gasteiger partial charge < -0.3 is 4.74 Å². The lowest BCUT2D eigenvalue weighted by molar-refractivity contribution is 0.350. The summed E-state index contributed by atoms with van der Waals surface area (Å²) < 4.78 is 5.78. The number of fused-ring (bicyclic) bond motifs is 1. The molecule has 3 rings (SSSR count). The van der Waals surface area contributed by atoms with Gasteiger partial charge in [0.2, 0.25) is 0 Å². The highest BCUT2D eigenvalue weighted by Gasteiger charge is 2.23. The second-order valence-electron chi connectivity index (χ2n) is 4.89. The Labute approximate surface area is 113 Å². The average molecular weight is 254 g/mol. The molecule has 1 aliphatic heterocycles. The predicted molar refractivity (Wildman–Crippen MR) is 76.0 cm³/mol. The van der Waals surface area contributed by atoms with Crippen molar-refractivity contribution in [2.75, 3.05) is 6.61 Å². The van der Waals surface area contributed by atoms with E-state index in [0.717, 1.165) is 24.3 Å². The number of para-hydroxylation sites is 1. The Morgan fingerprint density at radius 2 is 1.89 bits per heavy atom. The van der Waals surface area contributed by atoms with Crippen LogP contribution < -0.4 is 16.0 Å². The molecule has 0 bridgehead atoms. The van der Waals surface area contributed by atoms with Gasteiger partial charge in [0, 0.05) is 12.0 Å². The lowest BCUT2D eigenvalue weighted by Crippen LogP contribution is -2.29. The smallest absolute Gasteiger partial charge is 0.127 e. The Morgan fingerprint density at radius 3 is 2.68 bits per heavy atom. The third-order valence-corrected chi connectivity index (χ3v) is 3.72. The number of hydrazine groups is 1. The molecule has 0 aliphatic carbocycles. The molecule has 3 nitrogen and oxygen atoms in total. The molecule has 98 valence electrons. The van der Waals surface area contributed by atoms with Crippen LogP contribution in [0.3, 0.4) is 0 Å². The Balaban J connectivity index is 2.09. The van der Waals surface area contributed by atoms with Gasteiger partial charge in [-0.3, -0.25) is 5.84 Å². The summed E-state index contributed by atoms with van der Waals surface area (Å²) in [6.07, 6.45) is 0.980. The number of hydrogen-bond donors (Lipinski definition) is 2. The first-order valence-corrected chi connectivity index (χ1v) is 6.57. The summed E-state index contributed by atoms with van der Waals surface area (Å²) >= 11 is 0. The number of aryl methyl sites for hydroxylation is 1. The van der Waals surface area contributed by atoms with E-state index in [4.69, 9.17) is 10.6 Å². The van der Waals surface area contributed by atoms with Gasteiger partial charge in [0.25, 0.3) is 0 Å². The van der Waals surface area contributed by atoms with Crippen LogP contribution in [0.2, 0.25) is 0 Å². The molecule has 1 aliphatic rings. The quantitative estimate of drug-likeness (QED) is 0.653. The topological polar surface area (TPSA) is 47.3 Å². The summed E-state index contributed by atoms with van der Waals surface area (Å²) in [5.74, 6) is 6.79. The molecule has 2 aromatic carbocycles. The van der Waals surface area contributed by atoms with Crippen molar-refractivity contribution >= 4 is 0 Å². The van der Waals surface area contributed by atoms with Gasteiger partial charge in [-0.25, -0.2) is 5.43 Å². The van der Waals surface area contributed by atoms with E-state index < -0.39 is 0 Å². The van der Waals surface area contributed by atoms with Gasteiger partial charge in [-0.15, -0.1) is 0 Å². The molecule has 0 aromatic heterocycles. The van der Waals surface area contributed by atoms with E-state index >= 15 is 0 Å². The van der Waals surface area contributed by atoms with Crippen molar-refractivity contribution in [2.24, 2.45) is 5.84 Å². The van der Waals surface area contributed by atoms with Crippen molar-refractivity contribution < 1.29 is 4.74 Å². The van der Waals surface area contributed by atoms with Crippen LogP contribution >= 0.6 is 0 Å². The van der Waals surface area contributed by atoms with Gasteiger partial charge >= 0.3 is 0 Å². The minimum Gasteiger partial charge on any atom is -0.493 e. The Bertz CT molecular complexity index is 595. The zero-order valence-electron chi connectivity index (χ0n) is 11.0. The monoisotopic (exact) mass is 254 g/mol. The van der Waals surface area contributed by atoms with E-state index in [1.807, 2.05) is 12.1 Å². The molecule has 2 aromatic rings. The molecule has 3 heteroatoms. The van der Waals surface area contributed by atoms with Crippen LogP contribution in [0.1, 0.15) is 28.3 Å². The SMILES string of the molecule is Cc1ccccc1C(NN)c1cccc2c1OCC2. The van der Waals surface area contributed by atoms with E-state index in [0.29, 0.717) is 0 Å². The predicted octanol–water partition coefficient (Wildman–Crippen LogP) is 2.48. The van der Waals surface area contributed by atoms with Crippen LogP contribution in [0.4, 0.5) is 0 Å². The van der Waals surface area contributed by atoms with Gasteiger partial charge in [-0.05, 0) is 23.6 Å². The molecule has 0 spiro atoms. The summed E-state index contributed by atoms with van der Waals surface area (Å²) in [5.41, 5.74) is 7.72. The van der Waals surface area contributed by atoms with E-state index in [9.17, 15) is 0 Å². The zero-order chi connectivity index (χ0) is 13.2. The van der Waals surface area contributed by atoms with Crippen LogP contribution in [0.25, 0.3) is 0 Å². The van der Waals surface area contributed by atoms with Crippen molar-refractivity contribution in [3.05, 3.63) is 64.7 Å². The molecule has 0 amide bonds. The van der Waals surface area contributed by atoms with Crippen molar-refractivity contribution in [1.29, 1.82) is 0 Å². The van der Waals surface area contributed by atoms with Crippen molar-refractivity contribution in [3.8, 4) is 5.75 Å². The molecule has 0 fully saturated rings. The van der Waals surface area contributed by atoms with Gasteiger partial charge in [-0.1, -0.05) is 42.5 Å². The molecule has 1 unspecified atom stereocenters. The van der Waals surface area contributed by atoms with Gasteiger partial charge in [0.1, 0.15) is 5.75 Å². The molecule has 3 N–H and O–H groups in total. The van der Waals surface area contributed by atoms with Crippen molar-refractivity contribution in [2.45, 2.75) is 19.4 Å². The summed E-state index contributed by atoms with van der Waals surface area (Å²) in [6, 6.07) is 14.5. The molecular formula is C16H18N2O. The second-order valence-corrected chi connectivity index (χ2v) is 4.89. The highest BCUT2D eigenvalue weighted by atomic mass is 16.5. The lowest BCUT2D eigenvalue weighted by atomic mass is 9.93. The minimum atomic E-state index is -0.0331. The van der Waals surface area contributed by atoms with Crippen molar-refractivity contribution in [1.82, 2.24) is 5.43 Å². The Morgan fingerprint density at radius 1 is 1.11 bits per heavy atom. The number of nitrogens with two attached hydrogens (primary N) is 1. The normalized spacial score (nSPS) is 14.8. The number of nitrogens with one attached hydrogen (secondary N) is 1. The average Bonchev–Trinajstić information content (AvgIpc) is 2.91. The van der Waals surface area contributed by atoms with Crippen LogP contribution in [-0.4, -0.2) is 6.61 Å². The third-order valence-electron chi connectivity index (χ3n) is 3.72. The van der Waals surface area contributed by atoms with Crippen LogP contribution in [-0.2, 0) is 6.42 Å². The Kier molecular flexibility index (Phi) is 3.23. The van der Waals surface area contributed by atoms with Crippen LogP contribution in [0, 0.1) is 6.92 Å². The highest BCUT2D eigenvalue weighted by molar-refractivity contribution is 5.49. The Hall–Kier alpha value is -1.84. The minimum absolute atomic E-state index is 0.0331. The molecule has 0 saturated heterocycles. The fraction of sp³-hybridized carbons (Fsp3) is 0.250. The zero-order valence-corrected chi connectivity index (χ0v) is 11.0. The third kappa shape index (κ3) is 2.11. The molecule has 19 heavy (non-hydrogen) atoms. The summed E-state index contributed by atoms with van der Waals surface area (Å²) in [5, 5.41) is 0.